The number of hydrogen-bond acceptors (Lipinski definition) is 4. The van der Waals surface area contributed by atoms with E-state index < -0.39 is 0 Å². The standard InChI is InChI=1S/C11H18N4O2/c1-8-10(6-13-14-8)11(16)15(2)7-9-5-12-3-4-17-9/h6,9,12H,3-5,7H2,1-2H3,(H,13,14). The van der Waals surface area contributed by atoms with Crippen LogP contribution in [-0.4, -0.2) is 60.4 Å². The highest BCUT2D eigenvalue weighted by atomic mass is 16.5. The van der Waals surface area contributed by atoms with Crippen LogP contribution in [0.5, 0.6) is 0 Å². The van der Waals surface area contributed by atoms with Crippen molar-refractivity contribution in [1.29, 1.82) is 0 Å². The van der Waals surface area contributed by atoms with Crippen LogP contribution in [-0.2, 0) is 4.74 Å². The number of likely N-dealkylation sites (N-methyl/N-ethyl adjacent to an activating group) is 1. The highest BCUT2D eigenvalue weighted by Crippen LogP contribution is 2.08. The van der Waals surface area contributed by atoms with Crippen molar-refractivity contribution < 1.29 is 9.53 Å². The van der Waals surface area contributed by atoms with Gasteiger partial charge >= 0.3 is 0 Å². The average Bonchev–Trinajstić information content (AvgIpc) is 2.76. The minimum absolute atomic E-state index is 0.0228. The summed E-state index contributed by atoms with van der Waals surface area (Å²) in [4.78, 5) is 13.8. The number of hydrogen-bond donors (Lipinski definition) is 2. The van der Waals surface area contributed by atoms with E-state index in [-0.39, 0.29) is 12.0 Å². The Kier molecular flexibility index (Phi) is 3.75. The van der Waals surface area contributed by atoms with E-state index in [1.54, 1.807) is 18.1 Å². The molecule has 1 saturated heterocycles. The van der Waals surface area contributed by atoms with Gasteiger partial charge in [0.15, 0.2) is 0 Å². The Balaban J connectivity index is 1.93. The van der Waals surface area contributed by atoms with Gasteiger partial charge in [0.25, 0.3) is 5.91 Å². The monoisotopic (exact) mass is 238 g/mol. The average molecular weight is 238 g/mol. The smallest absolute Gasteiger partial charge is 0.257 e. The number of morpholine rings is 1. The number of nitrogens with zero attached hydrogens (tertiary/aromatic N) is 2. The van der Waals surface area contributed by atoms with Gasteiger partial charge in [0, 0.05) is 32.4 Å². The molecule has 0 aromatic carbocycles. The Morgan fingerprint density at radius 1 is 1.71 bits per heavy atom. The van der Waals surface area contributed by atoms with Gasteiger partial charge < -0.3 is 15.0 Å². The van der Waals surface area contributed by atoms with Crippen LogP contribution in [0.3, 0.4) is 0 Å². The van der Waals surface area contributed by atoms with Gasteiger partial charge in [-0.1, -0.05) is 0 Å². The fourth-order valence-electron chi connectivity index (χ4n) is 1.90. The van der Waals surface area contributed by atoms with E-state index >= 15 is 0 Å². The Morgan fingerprint density at radius 2 is 2.53 bits per heavy atom. The van der Waals surface area contributed by atoms with Crippen molar-refractivity contribution >= 4 is 5.91 Å². The van der Waals surface area contributed by atoms with Gasteiger partial charge in [-0.2, -0.15) is 5.10 Å². The molecular formula is C11H18N4O2. The Bertz CT molecular complexity index is 385. The molecule has 6 nitrogen and oxygen atoms in total. The van der Waals surface area contributed by atoms with Crippen molar-refractivity contribution in [3.63, 3.8) is 0 Å². The van der Waals surface area contributed by atoms with Gasteiger partial charge in [0.2, 0.25) is 0 Å². The first kappa shape index (κ1) is 12.1. The zero-order valence-electron chi connectivity index (χ0n) is 10.2. The lowest BCUT2D eigenvalue weighted by molar-refractivity contribution is 0.0103. The molecule has 1 fully saturated rings. The summed E-state index contributed by atoms with van der Waals surface area (Å²) in [6.45, 7) is 4.82. The molecule has 0 saturated carbocycles. The lowest BCUT2D eigenvalue weighted by atomic mass is 10.2. The molecule has 1 aromatic rings. The van der Waals surface area contributed by atoms with E-state index in [0.29, 0.717) is 18.7 Å². The van der Waals surface area contributed by atoms with Gasteiger partial charge in [-0.15, -0.1) is 0 Å². The predicted molar refractivity (Wildman–Crippen MR) is 62.9 cm³/mol. The molecule has 2 heterocycles. The number of ether oxygens (including phenoxy) is 1. The number of nitrogens with one attached hydrogen (secondary N) is 2. The molecule has 1 atom stereocenters. The van der Waals surface area contributed by atoms with Crippen molar-refractivity contribution in [2.45, 2.75) is 13.0 Å². The van der Waals surface area contributed by atoms with Gasteiger partial charge in [-0.3, -0.25) is 9.89 Å². The van der Waals surface area contributed by atoms with Gasteiger partial charge in [0.1, 0.15) is 0 Å². The number of carbonyl (C=O) groups is 1. The third kappa shape index (κ3) is 2.83. The summed E-state index contributed by atoms with van der Waals surface area (Å²) in [5.74, 6) is -0.0228. The summed E-state index contributed by atoms with van der Waals surface area (Å²) in [7, 11) is 1.78. The van der Waals surface area contributed by atoms with Crippen LogP contribution < -0.4 is 5.32 Å². The Morgan fingerprint density at radius 3 is 3.12 bits per heavy atom. The minimum atomic E-state index is -0.0228. The van der Waals surface area contributed by atoms with Crippen molar-refractivity contribution in [3.05, 3.63) is 17.5 Å². The number of aryl methyl sites for hydroxylation is 1. The molecule has 1 aliphatic heterocycles. The molecule has 2 rings (SSSR count). The number of rotatable bonds is 3. The van der Waals surface area contributed by atoms with E-state index in [9.17, 15) is 4.79 Å². The molecule has 0 radical (unpaired) electrons. The number of aromatic nitrogens is 2. The number of amides is 1. The first-order chi connectivity index (χ1) is 8.18. The summed E-state index contributed by atoms with van der Waals surface area (Å²) >= 11 is 0. The molecule has 0 aliphatic carbocycles. The molecule has 2 N–H and O–H groups in total. The molecular weight excluding hydrogens is 220 g/mol. The summed E-state index contributed by atoms with van der Waals surface area (Å²) < 4.78 is 5.57. The van der Waals surface area contributed by atoms with Crippen LogP contribution in [0.15, 0.2) is 6.20 Å². The lowest BCUT2D eigenvalue weighted by Crippen LogP contribution is -2.45. The number of aromatic amines is 1. The van der Waals surface area contributed by atoms with Gasteiger partial charge in [0.05, 0.1) is 24.5 Å². The number of H-pyrrole nitrogens is 1. The molecule has 6 heteroatoms. The molecule has 1 unspecified atom stereocenters. The summed E-state index contributed by atoms with van der Waals surface area (Å²) in [5.41, 5.74) is 1.42. The predicted octanol–water partition coefficient (Wildman–Crippen LogP) is -0.221. The SMILES string of the molecule is Cc1[nH]ncc1C(=O)N(C)CC1CNCCO1. The third-order valence-corrected chi connectivity index (χ3v) is 2.89. The highest BCUT2D eigenvalue weighted by Gasteiger charge is 2.21. The molecule has 0 bridgehead atoms. The van der Waals surface area contributed by atoms with Crippen molar-refractivity contribution in [1.82, 2.24) is 20.4 Å². The fraction of sp³-hybridized carbons (Fsp3) is 0.636. The van der Waals surface area contributed by atoms with E-state index in [0.717, 1.165) is 18.8 Å². The summed E-state index contributed by atoms with van der Waals surface area (Å²) in [6.07, 6.45) is 1.64. The second-order valence-corrected chi connectivity index (χ2v) is 4.29. The first-order valence-corrected chi connectivity index (χ1v) is 5.76. The maximum Gasteiger partial charge on any atom is 0.257 e. The topological polar surface area (TPSA) is 70.2 Å². The van der Waals surface area contributed by atoms with Crippen LogP contribution in [0.4, 0.5) is 0 Å². The van der Waals surface area contributed by atoms with Crippen LogP contribution in [0.1, 0.15) is 16.1 Å². The van der Waals surface area contributed by atoms with Crippen molar-refractivity contribution in [3.8, 4) is 0 Å². The van der Waals surface area contributed by atoms with Crippen LogP contribution >= 0.6 is 0 Å². The molecule has 0 spiro atoms. The van der Waals surface area contributed by atoms with Crippen LogP contribution in [0.2, 0.25) is 0 Å². The van der Waals surface area contributed by atoms with Crippen molar-refractivity contribution in [2.75, 3.05) is 33.3 Å². The second-order valence-electron chi connectivity index (χ2n) is 4.29. The van der Waals surface area contributed by atoms with Crippen LogP contribution in [0.25, 0.3) is 0 Å². The third-order valence-electron chi connectivity index (χ3n) is 2.89. The zero-order chi connectivity index (χ0) is 12.3. The van der Waals surface area contributed by atoms with Crippen molar-refractivity contribution in [2.24, 2.45) is 0 Å². The maximum absolute atomic E-state index is 12.1. The van der Waals surface area contributed by atoms with E-state index in [1.165, 1.54) is 0 Å². The summed E-state index contributed by atoms with van der Waals surface area (Å²) in [6, 6.07) is 0. The van der Waals surface area contributed by atoms with Gasteiger partial charge in [-0.25, -0.2) is 0 Å². The molecule has 1 aliphatic rings. The highest BCUT2D eigenvalue weighted by molar-refractivity contribution is 5.94. The molecule has 1 aromatic heterocycles. The molecule has 1 amide bonds. The molecule has 94 valence electrons. The summed E-state index contributed by atoms with van der Waals surface area (Å²) in [5, 5.41) is 9.87. The van der Waals surface area contributed by atoms with E-state index in [1.807, 2.05) is 6.92 Å². The Hall–Kier alpha value is -1.40. The largest absolute Gasteiger partial charge is 0.374 e. The normalized spacial score (nSPS) is 20.2. The molecule has 17 heavy (non-hydrogen) atoms. The Labute approximate surface area is 100 Å². The van der Waals surface area contributed by atoms with Crippen LogP contribution in [0, 0.1) is 6.92 Å². The number of carbonyl (C=O) groups excluding carboxylic acids is 1. The van der Waals surface area contributed by atoms with E-state index in [4.69, 9.17) is 4.74 Å². The zero-order valence-corrected chi connectivity index (χ0v) is 10.2. The first-order valence-electron chi connectivity index (χ1n) is 5.76. The second kappa shape index (κ2) is 5.29. The lowest BCUT2D eigenvalue weighted by Gasteiger charge is -2.27. The minimum Gasteiger partial charge on any atom is -0.374 e. The maximum atomic E-state index is 12.1. The van der Waals surface area contributed by atoms with E-state index in [2.05, 4.69) is 15.5 Å². The van der Waals surface area contributed by atoms with Gasteiger partial charge in [-0.05, 0) is 6.92 Å². The fourth-order valence-corrected chi connectivity index (χ4v) is 1.90. The quantitative estimate of drug-likeness (QED) is 0.763.